The second kappa shape index (κ2) is 8.62. The molecule has 1 aliphatic heterocycles. The lowest BCUT2D eigenvalue weighted by molar-refractivity contribution is 0.0498. The number of hydrogen-bond acceptors (Lipinski definition) is 3. The summed E-state index contributed by atoms with van der Waals surface area (Å²) in [6.07, 6.45) is 3.28. The molecule has 1 N–H and O–H groups in total. The molecule has 1 heterocycles. The number of hydrogen-bond donors (Lipinski definition) is 1. The Hall–Kier alpha value is -0.770. The molecule has 1 atom stereocenters. The average molecular weight is 312 g/mol. The van der Waals surface area contributed by atoms with Gasteiger partial charge < -0.3 is 14.8 Å². The van der Waals surface area contributed by atoms with E-state index in [1.54, 1.807) is 0 Å². The maximum Gasteiger partial charge on any atom is 0.137 e. The first-order chi connectivity index (χ1) is 10.2. The molecule has 0 radical (unpaired) electrons. The number of nitrogens with one attached hydrogen (secondary N) is 1. The predicted molar refractivity (Wildman–Crippen MR) is 87.2 cm³/mol. The SMILES string of the molecule is CCCNC(C)c1ccc(OCC2CCOCC2)c(Cl)c1. The molecule has 1 aromatic rings. The van der Waals surface area contributed by atoms with Crippen molar-refractivity contribution in [3.8, 4) is 5.75 Å². The third-order valence-electron chi connectivity index (χ3n) is 3.97. The van der Waals surface area contributed by atoms with Crippen LogP contribution in [0.2, 0.25) is 5.02 Å². The van der Waals surface area contributed by atoms with Gasteiger partial charge in [-0.05, 0) is 56.3 Å². The summed E-state index contributed by atoms with van der Waals surface area (Å²) in [4.78, 5) is 0. The van der Waals surface area contributed by atoms with Gasteiger partial charge in [0.05, 0.1) is 11.6 Å². The highest BCUT2D eigenvalue weighted by atomic mass is 35.5. The van der Waals surface area contributed by atoms with Gasteiger partial charge in [-0.15, -0.1) is 0 Å². The van der Waals surface area contributed by atoms with Gasteiger partial charge in [-0.2, -0.15) is 0 Å². The lowest BCUT2D eigenvalue weighted by atomic mass is 10.0. The van der Waals surface area contributed by atoms with E-state index in [2.05, 4.69) is 25.2 Å². The monoisotopic (exact) mass is 311 g/mol. The molecular formula is C17H26ClNO2. The molecule has 0 aromatic heterocycles. The summed E-state index contributed by atoms with van der Waals surface area (Å²) < 4.78 is 11.2. The molecule has 1 saturated heterocycles. The van der Waals surface area contributed by atoms with Crippen molar-refractivity contribution in [2.24, 2.45) is 5.92 Å². The van der Waals surface area contributed by atoms with Crippen LogP contribution >= 0.6 is 11.6 Å². The highest BCUT2D eigenvalue weighted by Gasteiger charge is 2.15. The molecule has 0 aliphatic carbocycles. The van der Waals surface area contributed by atoms with Crippen LogP contribution in [0.25, 0.3) is 0 Å². The second-order valence-corrected chi connectivity index (χ2v) is 6.14. The summed E-state index contributed by atoms with van der Waals surface area (Å²) in [6, 6.07) is 6.40. The van der Waals surface area contributed by atoms with Gasteiger partial charge in [-0.1, -0.05) is 24.6 Å². The minimum absolute atomic E-state index is 0.312. The van der Waals surface area contributed by atoms with Crippen LogP contribution in [0.3, 0.4) is 0 Å². The van der Waals surface area contributed by atoms with Crippen molar-refractivity contribution >= 4 is 11.6 Å². The topological polar surface area (TPSA) is 30.5 Å². The van der Waals surface area contributed by atoms with E-state index in [1.165, 1.54) is 5.56 Å². The van der Waals surface area contributed by atoms with E-state index >= 15 is 0 Å². The van der Waals surface area contributed by atoms with E-state index in [0.717, 1.165) is 51.4 Å². The second-order valence-electron chi connectivity index (χ2n) is 5.73. The molecule has 21 heavy (non-hydrogen) atoms. The summed E-state index contributed by atoms with van der Waals surface area (Å²) >= 11 is 6.35. The van der Waals surface area contributed by atoms with Crippen molar-refractivity contribution in [3.05, 3.63) is 28.8 Å². The Morgan fingerprint density at radius 3 is 2.81 bits per heavy atom. The van der Waals surface area contributed by atoms with Crippen molar-refractivity contribution < 1.29 is 9.47 Å². The molecule has 0 spiro atoms. The van der Waals surface area contributed by atoms with Gasteiger partial charge in [0.2, 0.25) is 0 Å². The summed E-state index contributed by atoms with van der Waals surface area (Å²) in [7, 11) is 0. The Kier molecular flexibility index (Phi) is 6.81. The Morgan fingerprint density at radius 2 is 2.14 bits per heavy atom. The van der Waals surface area contributed by atoms with Gasteiger partial charge in [0.15, 0.2) is 0 Å². The van der Waals surface area contributed by atoms with Crippen LogP contribution in [0.1, 0.15) is 44.7 Å². The summed E-state index contributed by atoms with van der Waals surface area (Å²) in [6.45, 7) is 7.76. The van der Waals surface area contributed by atoms with Crippen LogP contribution in [0.4, 0.5) is 0 Å². The summed E-state index contributed by atoms with van der Waals surface area (Å²) in [5, 5.41) is 4.16. The highest BCUT2D eigenvalue weighted by molar-refractivity contribution is 6.32. The molecule has 0 saturated carbocycles. The Morgan fingerprint density at radius 1 is 1.38 bits per heavy atom. The summed E-state index contributed by atoms with van der Waals surface area (Å²) in [5.41, 5.74) is 1.20. The first-order valence-electron chi connectivity index (χ1n) is 7.94. The molecule has 3 nitrogen and oxygen atoms in total. The first kappa shape index (κ1) is 16.6. The Balaban J connectivity index is 1.89. The standard InChI is InChI=1S/C17H26ClNO2/c1-3-8-19-13(2)15-4-5-17(16(18)11-15)21-12-14-6-9-20-10-7-14/h4-5,11,13-14,19H,3,6-10,12H2,1-2H3. The molecular weight excluding hydrogens is 286 g/mol. The number of rotatable bonds is 7. The third kappa shape index (κ3) is 5.17. The van der Waals surface area contributed by atoms with E-state index in [4.69, 9.17) is 21.1 Å². The van der Waals surface area contributed by atoms with Gasteiger partial charge in [0.25, 0.3) is 0 Å². The third-order valence-corrected chi connectivity index (χ3v) is 4.27. The Bertz CT molecular complexity index is 433. The average Bonchev–Trinajstić information content (AvgIpc) is 2.52. The predicted octanol–water partition coefficient (Wildman–Crippen LogP) is 4.21. The zero-order valence-electron chi connectivity index (χ0n) is 13.0. The zero-order valence-corrected chi connectivity index (χ0v) is 13.8. The highest BCUT2D eigenvalue weighted by Crippen LogP contribution is 2.29. The minimum atomic E-state index is 0.312. The van der Waals surface area contributed by atoms with Crippen LogP contribution in [0.5, 0.6) is 5.75 Å². The molecule has 4 heteroatoms. The van der Waals surface area contributed by atoms with Crippen molar-refractivity contribution in [1.82, 2.24) is 5.32 Å². The van der Waals surface area contributed by atoms with E-state index in [0.29, 0.717) is 17.0 Å². The fraction of sp³-hybridized carbons (Fsp3) is 0.647. The van der Waals surface area contributed by atoms with Crippen molar-refractivity contribution in [1.29, 1.82) is 0 Å². The lowest BCUT2D eigenvalue weighted by Gasteiger charge is -2.22. The molecule has 0 amide bonds. The molecule has 2 rings (SSSR count). The fourth-order valence-corrected chi connectivity index (χ4v) is 2.75. The maximum atomic E-state index is 6.35. The van der Waals surface area contributed by atoms with Gasteiger partial charge in [0, 0.05) is 19.3 Å². The fourth-order valence-electron chi connectivity index (χ4n) is 2.50. The zero-order chi connectivity index (χ0) is 15.1. The van der Waals surface area contributed by atoms with Gasteiger partial charge in [-0.25, -0.2) is 0 Å². The lowest BCUT2D eigenvalue weighted by Crippen LogP contribution is -2.21. The smallest absolute Gasteiger partial charge is 0.137 e. The number of benzene rings is 1. The van der Waals surface area contributed by atoms with E-state index in [-0.39, 0.29) is 0 Å². The van der Waals surface area contributed by atoms with Crippen molar-refractivity contribution in [2.45, 2.75) is 39.2 Å². The first-order valence-corrected chi connectivity index (χ1v) is 8.32. The Labute approximate surface area is 133 Å². The van der Waals surface area contributed by atoms with E-state index in [1.807, 2.05) is 12.1 Å². The van der Waals surface area contributed by atoms with E-state index < -0.39 is 0 Å². The van der Waals surface area contributed by atoms with Crippen LogP contribution in [0, 0.1) is 5.92 Å². The number of halogens is 1. The molecule has 1 fully saturated rings. The quantitative estimate of drug-likeness (QED) is 0.818. The number of ether oxygens (including phenoxy) is 2. The van der Waals surface area contributed by atoms with Gasteiger partial charge in [-0.3, -0.25) is 0 Å². The van der Waals surface area contributed by atoms with Crippen molar-refractivity contribution in [2.75, 3.05) is 26.4 Å². The molecule has 1 aliphatic rings. The minimum Gasteiger partial charge on any atom is -0.492 e. The van der Waals surface area contributed by atoms with Crippen molar-refractivity contribution in [3.63, 3.8) is 0 Å². The van der Waals surface area contributed by atoms with E-state index in [9.17, 15) is 0 Å². The molecule has 1 unspecified atom stereocenters. The van der Waals surface area contributed by atoms with Gasteiger partial charge >= 0.3 is 0 Å². The molecule has 118 valence electrons. The van der Waals surface area contributed by atoms with Crippen LogP contribution < -0.4 is 10.1 Å². The van der Waals surface area contributed by atoms with Crippen LogP contribution in [-0.4, -0.2) is 26.4 Å². The summed E-state index contributed by atoms with van der Waals surface area (Å²) in [5.74, 6) is 1.37. The van der Waals surface area contributed by atoms with Crippen LogP contribution in [-0.2, 0) is 4.74 Å². The maximum absolute atomic E-state index is 6.35. The normalized spacial score (nSPS) is 17.7. The van der Waals surface area contributed by atoms with Crippen LogP contribution in [0.15, 0.2) is 18.2 Å². The molecule has 1 aromatic carbocycles. The van der Waals surface area contributed by atoms with Gasteiger partial charge in [0.1, 0.15) is 5.75 Å². The largest absolute Gasteiger partial charge is 0.492 e. The molecule has 0 bridgehead atoms.